The van der Waals surface area contributed by atoms with Crippen LogP contribution in [0.1, 0.15) is 25.5 Å². The normalized spacial score (nSPS) is 16.3. The molecule has 5 nitrogen and oxygen atoms in total. The molecule has 1 heterocycles. The van der Waals surface area contributed by atoms with Crippen LogP contribution in [-0.2, 0) is 4.79 Å². The number of imide groups is 1. The molecule has 2 N–H and O–H groups in total. The molecule has 1 aliphatic rings. The van der Waals surface area contributed by atoms with E-state index in [0.717, 1.165) is 4.90 Å². The molecule has 1 fully saturated rings. The van der Waals surface area contributed by atoms with Crippen LogP contribution in [0.3, 0.4) is 0 Å². The number of urea groups is 1. The summed E-state index contributed by atoms with van der Waals surface area (Å²) >= 11 is 5.77. The van der Waals surface area contributed by atoms with Gasteiger partial charge < -0.3 is 10.6 Å². The van der Waals surface area contributed by atoms with Gasteiger partial charge in [0.15, 0.2) is 0 Å². The Hall–Kier alpha value is -1.66. The van der Waals surface area contributed by atoms with E-state index < -0.39 is 0 Å². The van der Waals surface area contributed by atoms with Crippen molar-refractivity contribution in [3.8, 4) is 0 Å². The maximum Gasteiger partial charge on any atom is 0.324 e. The minimum atomic E-state index is -0.384. The van der Waals surface area contributed by atoms with Crippen LogP contribution in [0.25, 0.3) is 0 Å². The van der Waals surface area contributed by atoms with Gasteiger partial charge in [0.1, 0.15) is 5.82 Å². The molecule has 1 aliphatic heterocycles. The predicted molar refractivity (Wildman–Crippen MR) is 82.1 cm³/mol. The summed E-state index contributed by atoms with van der Waals surface area (Å²) in [5, 5.41) is 6.02. The number of rotatable bonds is 6. The maximum atomic E-state index is 14.1. The van der Waals surface area contributed by atoms with Gasteiger partial charge in [-0.15, -0.1) is 0 Å². The molecule has 0 spiro atoms. The van der Waals surface area contributed by atoms with Crippen molar-refractivity contribution < 1.29 is 14.0 Å². The molecular formula is C15H19ClFN3O2. The average Bonchev–Trinajstić information content (AvgIpc) is 2.76. The molecule has 0 saturated carbocycles. The lowest BCUT2D eigenvalue weighted by atomic mass is 9.95. The van der Waals surface area contributed by atoms with Crippen LogP contribution < -0.4 is 10.6 Å². The van der Waals surface area contributed by atoms with Crippen LogP contribution in [0.4, 0.5) is 9.18 Å². The first-order valence-corrected chi connectivity index (χ1v) is 7.54. The standard InChI is InChI=1S/C15H19ClFN3O2/c1-9(2)14(11-4-3-10(16)7-12(11)17)18-5-6-20-13(21)8-19-15(20)22/h3-4,7,9,14,18H,5-6,8H2,1-2H3,(H,19,22)/t14-/m1/s1. The second-order valence-corrected chi connectivity index (χ2v) is 5.98. The van der Waals surface area contributed by atoms with E-state index in [-0.39, 0.29) is 42.8 Å². The fraction of sp³-hybridized carbons (Fsp3) is 0.467. The monoisotopic (exact) mass is 327 g/mol. The van der Waals surface area contributed by atoms with Gasteiger partial charge >= 0.3 is 6.03 Å². The average molecular weight is 328 g/mol. The van der Waals surface area contributed by atoms with Gasteiger partial charge in [-0.2, -0.15) is 0 Å². The highest BCUT2D eigenvalue weighted by Gasteiger charge is 2.28. The number of nitrogens with zero attached hydrogens (tertiary/aromatic N) is 1. The van der Waals surface area contributed by atoms with Gasteiger partial charge in [-0.1, -0.05) is 31.5 Å². The van der Waals surface area contributed by atoms with Gasteiger partial charge in [0, 0.05) is 29.7 Å². The minimum Gasteiger partial charge on any atom is -0.329 e. The van der Waals surface area contributed by atoms with E-state index in [2.05, 4.69) is 10.6 Å². The third-order valence-electron chi connectivity index (χ3n) is 3.60. The van der Waals surface area contributed by atoms with E-state index in [1.54, 1.807) is 12.1 Å². The quantitative estimate of drug-likeness (QED) is 0.788. The fourth-order valence-corrected chi connectivity index (χ4v) is 2.63. The van der Waals surface area contributed by atoms with Gasteiger partial charge in [-0.3, -0.25) is 9.69 Å². The van der Waals surface area contributed by atoms with E-state index in [4.69, 9.17) is 11.6 Å². The summed E-state index contributed by atoms with van der Waals surface area (Å²) in [5.41, 5.74) is 0.525. The number of nitrogens with one attached hydrogen (secondary N) is 2. The molecule has 0 radical (unpaired) electrons. The Morgan fingerprint density at radius 3 is 2.68 bits per heavy atom. The highest BCUT2D eigenvalue weighted by molar-refractivity contribution is 6.30. The molecule has 0 aromatic heterocycles. The predicted octanol–water partition coefficient (Wildman–Crippen LogP) is 2.32. The lowest BCUT2D eigenvalue weighted by Crippen LogP contribution is -2.39. The first kappa shape index (κ1) is 16.7. The Bertz CT molecular complexity index is 564. The molecule has 0 aliphatic carbocycles. The van der Waals surface area contributed by atoms with Crippen molar-refractivity contribution in [2.45, 2.75) is 19.9 Å². The SMILES string of the molecule is CC(C)[C@@H](NCCN1C(=O)CNC1=O)c1ccc(Cl)cc1F. The van der Waals surface area contributed by atoms with Crippen molar-refractivity contribution in [1.82, 2.24) is 15.5 Å². The number of carbonyl (C=O) groups excluding carboxylic acids is 2. The number of hydrogen-bond acceptors (Lipinski definition) is 3. The first-order valence-electron chi connectivity index (χ1n) is 7.16. The molecule has 1 atom stereocenters. The largest absolute Gasteiger partial charge is 0.329 e. The van der Waals surface area contributed by atoms with Crippen molar-refractivity contribution in [2.75, 3.05) is 19.6 Å². The summed E-state index contributed by atoms with van der Waals surface area (Å²) < 4.78 is 14.1. The maximum absolute atomic E-state index is 14.1. The Morgan fingerprint density at radius 1 is 1.41 bits per heavy atom. The van der Waals surface area contributed by atoms with Gasteiger partial charge in [0.2, 0.25) is 5.91 Å². The summed E-state index contributed by atoms with van der Waals surface area (Å²) in [6.45, 7) is 4.63. The lowest BCUT2D eigenvalue weighted by Gasteiger charge is -2.24. The third-order valence-corrected chi connectivity index (χ3v) is 3.84. The zero-order valence-electron chi connectivity index (χ0n) is 12.5. The zero-order valence-corrected chi connectivity index (χ0v) is 13.3. The molecule has 120 valence electrons. The summed E-state index contributed by atoms with van der Waals surface area (Å²) in [6.07, 6.45) is 0. The molecule has 3 amide bonds. The number of hydrogen-bond donors (Lipinski definition) is 2. The second kappa shape index (κ2) is 7.07. The Morgan fingerprint density at radius 2 is 2.14 bits per heavy atom. The van der Waals surface area contributed by atoms with Crippen molar-refractivity contribution in [3.05, 3.63) is 34.6 Å². The number of carbonyl (C=O) groups is 2. The van der Waals surface area contributed by atoms with Crippen LogP contribution in [0.15, 0.2) is 18.2 Å². The van der Waals surface area contributed by atoms with E-state index >= 15 is 0 Å². The van der Waals surface area contributed by atoms with Crippen molar-refractivity contribution >= 4 is 23.5 Å². The van der Waals surface area contributed by atoms with E-state index in [1.807, 2.05) is 13.8 Å². The molecule has 1 aromatic carbocycles. The highest BCUT2D eigenvalue weighted by atomic mass is 35.5. The third kappa shape index (κ3) is 3.75. The van der Waals surface area contributed by atoms with Gasteiger partial charge in [0.25, 0.3) is 0 Å². The minimum absolute atomic E-state index is 0.0399. The molecule has 0 unspecified atom stereocenters. The number of halogens is 2. The van der Waals surface area contributed by atoms with Gasteiger partial charge in [-0.05, 0) is 18.1 Å². The van der Waals surface area contributed by atoms with E-state index in [0.29, 0.717) is 17.1 Å². The fourth-order valence-electron chi connectivity index (χ4n) is 2.47. The van der Waals surface area contributed by atoms with Crippen LogP contribution >= 0.6 is 11.6 Å². The Balaban J connectivity index is 2.00. The molecule has 7 heteroatoms. The molecule has 0 bridgehead atoms. The van der Waals surface area contributed by atoms with Crippen LogP contribution in [0.2, 0.25) is 5.02 Å². The lowest BCUT2D eigenvalue weighted by molar-refractivity contribution is -0.124. The molecule has 22 heavy (non-hydrogen) atoms. The topological polar surface area (TPSA) is 61.4 Å². The number of amides is 3. The van der Waals surface area contributed by atoms with Gasteiger partial charge in [0.05, 0.1) is 6.54 Å². The molecule has 2 rings (SSSR count). The Labute approximate surface area is 133 Å². The molecular weight excluding hydrogens is 309 g/mol. The van der Waals surface area contributed by atoms with Crippen LogP contribution in [-0.4, -0.2) is 36.5 Å². The number of benzene rings is 1. The van der Waals surface area contributed by atoms with Crippen molar-refractivity contribution in [1.29, 1.82) is 0 Å². The molecule has 1 aromatic rings. The highest BCUT2D eigenvalue weighted by Crippen LogP contribution is 2.26. The summed E-state index contributed by atoms with van der Waals surface area (Å²) in [7, 11) is 0. The van der Waals surface area contributed by atoms with Crippen molar-refractivity contribution in [2.24, 2.45) is 5.92 Å². The molecule has 1 saturated heterocycles. The van der Waals surface area contributed by atoms with Crippen LogP contribution in [0.5, 0.6) is 0 Å². The second-order valence-electron chi connectivity index (χ2n) is 5.55. The smallest absolute Gasteiger partial charge is 0.324 e. The summed E-state index contributed by atoms with van der Waals surface area (Å²) in [4.78, 5) is 24.1. The summed E-state index contributed by atoms with van der Waals surface area (Å²) in [5.74, 6) is -0.474. The zero-order chi connectivity index (χ0) is 16.3. The Kier molecular flexibility index (Phi) is 5.37. The summed E-state index contributed by atoms with van der Waals surface area (Å²) in [6, 6.07) is 3.98. The van der Waals surface area contributed by atoms with Crippen LogP contribution in [0, 0.1) is 11.7 Å². The van der Waals surface area contributed by atoms with Gasteiger partial charge in [-0.25, -0.2) is 9.18 Å². The van der Waals surface area contributed by atoms with E-state index in [9.17, 15) is 14.0 Å². The first-order chi connectivity index (χ1) is 10.4. The van der Waals surface area contributed by atoms with E-state index in [1.165, 1.54) is 6.07 Å². The van der Waals surface area contributed by atoms with Crippen molar-refractivity contribution in [3.63, 3.8) is 0 Å².